The van der Waals surface area contributed by atoms with Crippen LogP contribution in [0, 0.1) is 6.92 Å². The number of hydrogen-bond donors (Lipinski definition) is 1. The lowest BCUT2D eigenvalue weighted by Crippen LogP contribution is -2.43. The number of nitrogens with one attached hydrogen (secondary N) is 1. The van der Waals surface area contributed by atoms with E-state index >= 15 is 0 Å². The predicted octanol–water partition coefficient (Wildman–Crippen LogP) is 6.11. The molecule has 6 rings (SSSR count). The summed E-state index contributed by atoms with van der Waals surface area (Å²) in [5, 5.41) is 3.58. The summed E-state index contributed by atoms with van der Waals surface area (Å²) in [6, 6.07) is 9.86. The molecular weight excluding hydrogens is 416 g/mol. The topological polar surface area (TPSA) is 31.4 Å². The standard InChI is InChI=1S/C30H38N4/c1-21-9-12-28-27(18-21)30(23(3)32-28)13-16-33(17-14-30)15-5-6-24-19-25-11-10-22(2)34(26-7-4-8-26)29(25)31-20-24/h9,12,18-20,26,32H,2-8,10-11,13-17H2,1H3. The first-order chi connectivity index (χ1) is 16.5. The van der Waals surface area contributed by atoms with Gasteiger partial charge in [0.25, 0.3) is 0 Å². The molecule has 178 valence electrons. The molecule has 1 spiro atoms. The molecule has 4 heterocycles. The first-order valence-electron chi connectivity index (χ1n) is 13.3. The van der Waals surface area contributed by atoms with Gasteiger partial charge in [0.05, 0.1) is 0 Å². The lowest BCUT2D eigenvalue weighted by Gasteiger charge is -2.42. The molecule has 34 heavy (non-hydrogen) atoms. The molecule has 1 saturated carbocycles. The largest absolute Gasteiger partial charge is 0.358 e. The van der Waals surface area contributed by atoms with E-state index in [9.17, 15) is 0 Å². The van der Waals surface area contributed by atoms with Gasteiger partial charge in [-0.15, -0.1) is 0 Å². The number of hydrogen-bond acceptors (Lipinski definition) is 4. The number of benzene rings is 1. The third kappa shape index (κ3) is 3.67. The molecule has 4 heteroatoms. The van der Waals surface area contributed by atoms with Crippen molar-refractivity contribution >= 4 is 11.5 Å². The van der Waals surface area contributed by atoms with Crippen molar-refractivity contribution in [3.8, 4) is 0 Å². The second-order valence-corrected chi connectivity index (χ2v) is 11.0. The second-order valence-electron chi connectivity index (χ2n) is 11.0. The Bertz CT molecular complexity index is 1120. The predicted molar refractivity (Wildman–Crippen MR) is 141 cm³/mol. The van der Waals surface area contributed by atoms with Crippen LogP contribution in [-0.2, 0) is 18.3 Å². The summed E-state index contributed by atoms with van der Waals surface area (Å²) in [5.74, 6) is 1.19. The fourth-order valence-corrected chi connectivity index (χ4v) is 6.56. The highest BCUT2D eigenvalue weighted by molar-refractivity contribution is 5.69. The molecule has 0 radical (unpaired) electrons. The average molecular weight is 455 g/mol. The molecule has 1 N–H and O–H groups in total. The van der Waals surface area contributed by atoms with Gasteiger partial charge in [0.1, 0.15) is 5.82 Å². The van der Waals surface area contributed by atoms with E-state index in [0.29, 0.717) is 6.04 Å². The van der Waals surface area contributed by atoms with Crippen LogP contribution in [0.25, 0.3) is 0 Å². The number of aryl methyl sites for hydroxylation is 3. The SMILES string of the molecule is C=C1CCc2cc(CCCN3CCC4(CC3)C(=C)Nc3ccc(C)cc34)cnc2N1C1CCC1. The third-order valence-corrected chi connectivity index (χ3v) is 8.89. The maximum atomic E-state index is 4.94. The maximum Gasteiger partial charge on any atom is 0.136 e. The van der Waals surface area contributed by atoms with Gasteiger partial charge < -0.3 is 15.1 Å². The van der Waals surface area contributed by atoms with E-state index in [1.165, 1.54) is 77.4 Å². The van der Waals surface area contributed by atoms with Crippen molar-refractivity contribution in [2.24, 2.45) is 0 Å². The number of anilines is 2. The summed E-state index contributed by atoms with van der Waals surface area (Å²) in [6.07, 6.45) is 12.8. The lowest BCUT2D eigenvalue weighted by atomic mass is 9.72. The molecule has 1 aliphatic carbocycles. The Kier molecular flexibility index (Phi) is 5.52. The van der Waals surface area contributed by atoms with E-state index in [0.717, 1.165) is 45.2 Å². The first kappa shape index (κ1) is 21.9. The van der Waals surface area contributed by atoms with Crippen LogP contribution in [-0.4, -0.2) is 35.6 Å². The van der Waals surface area contributed by atoms with Gasteiger partial charge in [-0.2, -0.15) is 0 Å². The lowest BCUT2D eigenvalue weighted by molar-refractivity contribution is 0.179. The zero-order valence-electron chi connectivity index (χ0n) is 20.7. The van der Waals surface area contributed by atoms with E-state index in [1.807, 2.05) is 0 Å². The summed E-state index contributed by atoms with van der Waals surface area (Å²) in [5.41, 5.74) is 9.49. The fourth-order valence-electron chi connectivity index (χ4n) is 6.56. The van der Waals surface area contributed by atoms with Gasteiger partial charge in [-0.3, -0.25) is 0 Å². The van der Waals surface area contributed by atoms with Crippen LogP contribution in [0.3, 0.4) is 0 Å². The Morgan fingerprint density at radius 1 is 1.12 bits per heavy atom. The van der Waals surface area contributed by atoms with Gasteiger partial charge in [-0.05, 0) is 107 Å². The van der Waals surface area contributed by atoms with E-state index in [4.69, 9.17) is 4.98 Å². The van der Waals surface area contributed by atoms with Crippen LogP contribution >= 0.6 is 0 Å². The summed E-state index contributed by atoms with van der Waals surface area (Å²) in [7, 11) is 0. The number of piperidine rings is 1. The van der Waals surface area contributed by atoms with Gasteiger partial charge in [-0.1, -0.05) is 36.9 Å². The van der Waals surface area contributed by atoms with E-state index < -0.39 is 0 Å². The van der Waals surface area contributed by atoms with Gasteiger partial charge in [0.2, 0.25) is 0 Å². The Hall–Kier alpha value is -2.59. The van der Waals surface area contributed by atoms with Crippen molar-refractivity contribution in [3.05, 3.63) is 77.3 Å². The van der Waals surface area contributed by atoms with Gasteiger partial charge >= 0.3 is 0 Å². The monoisotopic (exact) mass is 454 g/mol. The second kappa shape index (κ2) is 8.57. The normalized spacial score (nSPS) is 21.9. The Morgan fingerprint density at radius 2 is 1.94 bits per heavy atom. The van der Waals surface area contributed by atoms with Crippen LogP contribution < -0.4 is 10.2 Å². The van der Waals surface area contributed by atoms with Crippen molar-refractivity contribution in [1.29, 1.82) is 0 Å². The molecule has 1 aromatic heterocycles. The number of nitrogens with zero attached hydrogens (tertiary/aromatic N) is 3. The van der Waals surface area contributed by atoms with Crippen LogP contribution in [0.1, 0.15) is 67.2 Å². The summed E-state index contributed by atoms with van der Waals surface area (Å²) in [4.78, 5) is 10.0. The van der Waals surface area contributed by atoms with Crippen molar-refractivity contribution in [2.45, 2.75) is 76.2 Å². The fraction of sp³-hybridized carbons (Fsp3) is 0.500. The molecule has 1 saturated heterocycles. The van der Waals surface area contributed by atoms with E-state index in [-0.39, 0.29) is 5.41 Å². The summed E-state index contributed by atoms with van der Waals surface area (Å²) in [6.45, 7) is 14.4. The minimum absolute atomic E-state index is 0.122. The molecule has 3 aliphatic heterocycles. The number of fused-ring (bicyclic) bond motifs is 3. The zero-order chi connectivity index (χ0) is 23.3. The van der Waals surface area contributed by atoms with Crippen LogP contribution in [0.5, 0.6) is 0 Å². The van der Waals surface area contributed by atoms with Crippen molar-refractivity contribution in [3.63, 3.8) is 0 Å². The molecule has 0 atom stereocenters. The molecule has 0 unspecified atom stereocenters. The number of pyridine rings is 1. The third-order valence-electron chi connectivity index (χ3n) is 8.89. The Balaban J connectivity index is 1.05. The average Bonchev–Trinajstić information content (AvgIpc) is 3.06. The van der Waals surface area contributed by atoms with E-state index in [2.05, 4.69) is 65.7 Å². The quantitative estimate of drug-likeness (QED) is 0.590. The molecule has 2 fully saturated rings. The minimum Gasteiger partial charge on any atom is -0.358 e. The van der Waals surface area contributed by atoms with Gasteiger partial charge in [0.15, 0.2) is 0 Å². The number of allylic oxidation sites excluding steroid dienone is 2. The molecule has 4 nitrogen and oxygen atoms in total. The van der Waals surface area contributed by atoms with Crippen LogP contribution in [0.2, 0.25) is 0 Å². The summed E-state index contributed by atoms with van der Waals surface area (Å²) >= 11 is 0. The first-order valence-corrected chi connectivity index (χ1v) is 13.3. The van der Waals surface area contributed by atoms with Crippen molar-refractivity contribution in [2.75, 3.05) is 29.9 Å². The molecule has 0 bridgehead atoms. The molecule has 4 aliphatic rings. The Labute approximate surface area is 204 Å². The maximum absolute atomic E-state index is 4.94. The number of rotatable bonds is 5. The highest BCUT2D eigenvalue weighted by Crippen LogP contribution is 2.49. The van der Waals surface area contributed by atoms with E-state index in [1.54, 1.807) is 0 Å². The Morgan fingerprint density at radius 3 is 2.71 bits per heavy atom. The zero-order valence-corrected chi connectivity index (χ0v) is 20.7. The smallest absolute Gasteiger partial charge is 0.136 e. The highest BCUT2D eigenvalue weighted by Gasteiger charge is 2.44. The summed E-state index contributed by atoms with van der Waals surface area (Å²) < 4.78 is 0. The van der Waals surface area contributed by atoms with Crippen molar-refractivity contribution in [1.82, 2.24) is 9.88 Å². The molecule has 0 amide bonds. The van der Waals surface area contributed by atoms with Gasteiger partial charge in [0, 0.05) is 34.7 Å². The van der Waals surface area contributed by atoms with Crippen molar-refractivity contribution < 1.29 is 0 Å². The number of likely N-dealkylation sites (tertiary alicyclic amines) is 1. The highest BCUT2D eigenvalue weighted by atomic mass is 15.2. The van der Waals surface area contributed by atoms with Gasteiger partial charge in [-0.25, -0.2) is 4.98 Å². The molecule has 1 aromatic carbocycles. The molecular formula is C30H38N4. The van der Waals surface area contributed by atoms with Crippen LogP contribution in [0.15, 0.2) is 55.0 Å². The minimum atomic E-state index is 0.122. The number of aromatic nitrogens is 1. The van der Waals surface area contributed by atoms with Crippen LogP contribution in [0.4, 0.5) is 11.5 Å². The molecule has 2 aromatic rings.